The average molecular weight is 373 g/mol. The molecule has 0 heterocycles. The van der Waals surface area contributed by atoms with Gasteiger partial charge < -0.3 is 15.4 Å². The number of amides is 2. The SMILES string of the molecule is CC(C)COC(=O)Nc1cccc(NCC(=O)NCCC2=CCCCC2)c1. The molecule has 0 radical (unpaired) electrons. The van der Waals surface area contributed by atoms with Crippen LogP contribution in [-0.2, 0) is 9.53 Å². The van der Waals surface area contributed by atoms with E-state index < -0.39 is 6.09 Å². The van der Waals surface area contributed by atoms with Crippen LogP contribution in [-0.4, -0.2) is 31.7 Å². The van der Waals surface area contributed by atoms with E-state index in [0.717, 1.165) is 18.5 Å². The van der Waals surface area contributed by atoms with Crippen molar-refractivity contribution in [3.63, 3.8) is 0 Å². The number of hydrogen-bond acceptors (Lipinski definition) is 4. The Morgan fingerprint density at radius 3 is 2.74 bits per heavy atom. The van der Waals surface area contributed by atoms with E-state index in [9.17, 15) is 9.59 Å². The number of carbonyl (C=O) groups is 2. The molecule has 0 bridgehead atoms. The first-order valence-corrected chi connectivity index (χ1v) is 9.75. The highest BCUT2D eigenvalue weighted by Gasteiger charge is 2.07. The summed E-state index contributed by atoms with van der Waals surface area (Å²) in [6, 6.07) is 7.22. The third-order valence-electron chi connectivity index (χ3n) is 4.26. The maximum atomic E-state index is 12.0. The molecular formula is C21H31N3O3. The van der Waals surface area contributed by atoms with Crippen molar-refractivity contribution in [3.8, 4) is 0 Å². The molecule has 1 aromatic rings. The van der Waals surface area contributed by atoms with Crippen LogP contribution in [0.2, 0.25) is 0 Å². The van der Waals surface area contributed by atoms with Crippen LogP contribution in [0, 0.1) is 5.92 Å². The molecule has 0 spiro atoms. The molecule has 0 aromatic heterocycles. The molecule has 0 saturated carbocycles. The molecule has 27 heavy (non-hydrogen) atoms. The topological polar surface area (TPSA) is 79.5 Å². The third-order valence-corrected chi connectivity index (χ3v) is 4.26. The molecular weight excluding hydrogens is 342 g/mol. The van der Waals surface area contributed by atoms with Crippen molar-refractivity contribution in [3.05, 3.63) is 35.9 Å². The van der Waals surface area contributed by atoms with E-state index in [1.54, 1.807) is 12.1 Å². The Morgan fingerprint density at radius 2 is 2.00 bits per heavy atom. The fourth-order valence-electron chi connectivity index (χ4n) is 2.84. The van der Waals surface area contributed by atoms with Crippen LogP contribution >= 0.6 is 0 Å². The second-order valence-corrected chi connectivity index (χ2v) is 7.26. The quantitative estimate of drug-likeness (QED) is 0.564. The van der Waals surface area contributed by atoms with Crippen LogP contribution in [0.15, 0.2) is 35.9 Å². The predicted octanol–water partition coefficient (Wildman–Crippen LogP) is 4.31. The molecule has 1 aliphatic rings. The lowest BCUT2D eigenvalue weighted by atomic mass is 9.97. The minimum absolute atomic E-state index is 0.0406. The van der Waals surface area contributed by atoms with Gasteiger partial charge in [0.25, 0.3) is 0 Å². The largest absolute Gasteiger partial charge is 0.449 e. The molecule has 2 rings (SSSR count). The molecule has 0 fully saturated rings. The van der Waals surface area contributed by atoms with E-state index in [-0.39, 0.29) is 18.4 Å². The molecule has 2 amide bonds. The zero-order chi connectivity index (χ0) is 19.5. The second-order valence-electron chi connectivity index (χ2n) is 7.26. The zero-order valence-corrected chi connectivity index (χ0v) is 16.3. The Balaban J connectivity index is 1.69. The van der Waals surface area contributed by atoms with Crippen LogP contribution in [0.25, 0.3) is 0 Å². The van der Waals surface area contributed by atoms with Gasteiger partial charge in [0.1, 0.15) is 0 Å². The van der Waals surface area contributed by atoms with E-state index in [1.807, 2.05) is 26.0 Å². The summed E-state index contributed by atoms with van der Waals surface area (Å²) < 4.78 is 5.10. The Labute approximate surface area is 161 Å². The fourth-order valence-corrected chi connectivity index (χ4v) is 2.84. The lowest BCUT2D eigenvalue weighted by molar-refractivity contribution is -0.119. The normalized spacial score (nSPS) is 13.7. The number of hydrogen-bond donors (Lipinski definition) is 3. The first-order chi connectivity index (χ1) is 13.0. The molecule has 6 heteroatoms. The van der Waals surface area contributed by atoms with Gasteiger partial charge in [-0.05, 0) is 56.2 Å². The summed E-state index contributed by atoms with van der Waals surface area (Å²) in [6.07, 6.45) is 7.63. The molecule has 1 aliphatic carbocycles. The van der Waals surface area contributed by atoms with Crippen molar-refractivity contribution in [2.75, 3.05) is 30.3 Å². The summed E-state index contributed by atoms with van der Waals surface area (Å²) in [5.41, 5.74) is 2.85. The Kier molecular flexibility index (Phi) is 8.68. The van der Waals surface area contributed by atoms with Gasteiger partial charge in [0.2, 0.25) is 5.91 Å². The van der Waals surface area contributed by atoms with Crippen LogP contribution in [0.1, 0.15) is 46.0 Å². The van der Waals surface area contributed by atoms with E-state index in [1.165, 1.54) is 24.8 Å². The number of ether oxygens (including phenoxy) is 1. The Morgan fingerprint density at radius 1 is 1.19 bits per heavy atom. The van der Waals surface area contributed by atoms with Gasteiger partial charge in [0, 0.05) is 17.9 Å². The van der Waals surface area contributed by atoms with Crippen LogP contribution in [0.4, 0.5) is 16.2 Å². The number of allylic oxidation sites excluding steroid dienone is 1. The molecule has 0 aliphatic heterocycles. The van der Waals surface area contributed by atoms with E-state index in [4.69, 9.17) is 4.74 Å². The zero-order valence-electron chi connectivity index (χ0n) is 16.3. The van der Waals surface area contributed by atoms with Gasteiger partial charge in [-0.25, -0.2) is 4.79 Å². The average Bonchev–Trinajstić information content (AvgIpc) is 2.66. The molecule has 0 unspecified atom stereocenters. The predicted molar refractivity (Wildman–Crippen MR) is 109 cm³/mol. The Bertz CT molecular complexity index is 656. The van der Waals surface area contributed by atoms with Crippen LogP contribution in [0.5, 0.6) is 0 Å². The number of anilines is 2. The highest BCUT2D eigenvalue weighted by Crippen LogP contribution is 2.19. The van der Waals surface area contributed by atoms with Gasteiger partial charge in [0.15, 0.2) is 0 Å². The first-order valence-electron chi connectivity index (χ1n) is 9.75. The summed E-state index contributed by atoms with van der Waals surface area (Å²) in [7, 11) is 0. The van der Waals surface area contributed by atoms with Crippen molar-refractivity contribution in [1.29, 1.82) is 0 Å². The number of rotatable bonds is 9. The summed E-state index contributed by atoms with van der Waals surface area (Å²) in [6.45, 7) is 5.21. The molecule has 0 saturated heterocycles. The number of benzene rings is 1. The third kappa shape index (κ3) is 8.62. The highest BCUT2D eigenvalue weighted by molar-refractivity contribution is 5.86. The van der Waals surface area contributed by atoms with Gasteiger partial charge in [-0.3, -0.25) is 10.1 Å². The number of nitrogens with one attached hydrogen (secondary N) is 3. The van der Waals surface area contributed by atoms with Gasteiger partial charge in [-0.2, -0.15) is 0 Å². The lowest BCUT2D eigenvalue weighted by Gasteiger charge is -2.13. The molecule has 148 valence electrons. The maximum absolute atomic E-state index is 12.0. The number of carbonyl (C=O) groups excluding carboxylic acids is 2. The van der Waals surface area contributed by atoms with E-state index in [2.05, 4.69) is 22.0 Å². The first kappa shape index (κ1) is 20.8. The van der Waals surface area contributed by atoms with Gasteiger partial charge >= 0.3 is 6.09 Å². The molecule has 1 aromatic carbocycles. The lowest BCUT2D eigenvalue weighted by Crippen LogP contribution is -2.30. The van der Waals surface area contributed by atoms with Gasteiger partial charge in [-0.1, -0.05) is 31.6 Å². The van der Waals surface area contributed by atoms with Crippen molar-refractivity contribution >= 4 is 23.4 Å². The molecule has 6 nitrogen and oxygen atoms in total. The fraction of sp³-hybridized carbons (Fsp3) is 0.524. The second kappa shape index (κ2) is 11.3. The van der Waals surface area contributed by atoms with Gasteiger partial charge in [-0.15, -0.1) is 0 Å². The summed E-state index contributed by atoms with van der Waals surface area (Å²) in [5, 5.41) is 8.71. The van der Waals surface area contributed by atoms with E-state index >= 15 is 0 Å². The van der Waals surface area contributed by atoms with Gasteiger partial charge in [0.05, 0.1) is 13.2 Å². The summed E-state index contributed by atoms with van der Waals surface area (Å²) >= 11 is 0. The van der Waals surface area contributed by atoms with Crippen molar-refractivity contribution < 1.29 is 14.3 Å². The maximum Gasteiger partial charge on any atom is 0.411 e. The monoisotopic (exact) mass is 373 g/mol. The minimum atomic E-state index is -0.476. The summed E-state index contributed by atoms with van der Waals surface area (Å²) in [5.74, 6) is 0.248. The van der Waals surface area contributed by atoms with Crippen LogP contribution in [0.3, 0.4) is 0 Å². The van der Waals surface area contributed by atoms with Crippen molar-refractivity contribution in [2.24, 2.45) is 5.92 Å². The Hall–Kier alpha value is -2.50. The minimum Gasteiger partial charge on any atom is -0.449 e. The van der Waals surface area contributed by atoms with E-state index in [0.29, 0.717) is 18.8 Å². The molecule has 0 atom stereocenters. The summed E-state index contributed by atoms with van der Waals surface area (Å²) in [4.78, 5) is 23.7. The van der Waals surface area contributed by atoms with Crippen LogP contribution < -0.4 is 16.0 Å². The smallest absolute Gasteiger partial charge is 0.411 e. The molecule has 3 N–H and O–H groups in total. The highest BCUT2D eigenvalue weighted by atomic mass is 16.5. The van der Waals surface area contributed by atoms with Crippen molar-refractivity contribution in [1.82, 2.24) is 5.32 Å². The standard InChI is InChI=1S/C21H31N3O3/c1-16(2)15-27-21(26)24-19-10-6-9-18(13-19)23-14-20(25)22-12-11-17-7-4-3-5-8-17/h6-7,9-10,13,16,23H,3-5,8,11-12,14-15H2,1-2H3,(H,22,25)(H,24,26). The van der Waals surface area contributed by atoms with Crippen molar-refractivity contribution in [2.45, 2.75) is 46.0 Å².